The van der Waals surface area contributed by atoms with Crippen LogP contribution in [0.4, 0.5) is 0 Å². The van der Waals surface area contributed by atoms with Crippen molar-refractivity contribution in [2.75, 3.05) is 26.3 Å². The number of rotatable bonds is 4. The van der Waals surface area contributed by atoms with Crippen molar-refractivity contribution in [3.05, 3.63) is 62.0 Å². The van der Waals surface area contributed by atoms with Gasteiger partial charge in [0, 0.05) is 44.7 Å². The molecule has 0 amide bonds. The molecule has 2 aliphatic heterocycles. The summed E-state index contributed by atoms with van der Waals surface area (Å²) >= 11 is 12.2. The number of likely N-dealkylation sites (tertiary alicyclic amines) is 1. The number of benzene rings is 1. The van der Waals surface area contributed by atoms with Gasteiger partial charge in [0.05, 0.1) is 16.2 Å². The second-order valence-corrected chi connectivity index (χ2v) is 9.48. The number of fused-ring (bicyclic) bond motifs is 1. The van der Waals surface area contributed by atoms with E-state index in [9.17, 15) is 4.79 Å². The van der Waals surface area contributed by atoms with Crippen LogP contribution >= 0.6 is 23.2 Å². The molecule has 31 heavy (non-hydrogen) atoms. The van der Waals surface area contributed by atoms with Crippen LogP contribution in [-0.2, 0) is 11.3 Å². The van der Waals surface area contributed by atoms with Gasteiger partial charge in [-0.25, -0.2) is 9.50 Å². The van der Waals surface area contributed by atoms with Gasteiger partial charge in [-0.1, -0.05) is 36.2 Å². The van der Waals surface area contributed by atoms with Crippen LogP contribution in [0.25, 0.3) is 5.52 Å². The fourth-order valence-electron chi connectivity index (χ4n) is 4.78. The van der Waals surface area contributed by atoms with E-state index in [4.69, 9.17) is 33.0 Å². The van der Waals surface area contributed by atoms with E-state index in [-0.39, 0.29) is 17.4 Å². The molecule has 2 unspecified atom stereocenters. The zero-order valence-corrected chi connectivity index (χ0v) is 18.9. The highest BCUT2D eigenvalue weighted by atomic mass is 35.5. The molecule has 2 fully saturated rings. The molecule has 0 bridgehead atoms. The van der Waals surface area contributed by atoms with Crippen LogP contribution in [0, 0.1) is 5.92 Å². The molecule has 0 spiro atoms. The van der Waals surface area contributed by atoms with Crippen molar-refractivity contribution in [1.82, 2.24) is 24.5 Å². The average molecular weight is 462 g/mol. The minimum absolute atomic E-state index is 0.133. The summed E-state index contributed by atoms with van der Waals surface area (Å²) in [6.07, 6.45) is 3.44. The Morgan fingerprint density at radius 3 is 2.77 bits per heavy atom. The smallest absolute Gasteiger partial charge is 0.276 e. The first-order chi connectivity index (χ1) is 15.0. The van der Waals surface area contributed by atoms with Crippen LogP contribution in [-0.4, -0.2) is 50.8 Å². The van der Waals surface area contributed by atoms with Crippen LogP contribution in [0.5, 0.6) is 0 Å². The highest BCUT2D eigenvalue weighted by Crippen LogP contribution is 2.32. The Morgan fingerprint density at radius 2 is 2.00 bits per heavy atom. The Labute approximate surface area is 190 Å². The first-order valence-corrected chi connectivity index (χ1v) is 11.5. The number of hydrogen-bond acceptors (Lipinski definition) is 5. The van der Waals surface area contributed by atoms with E-state index in [1.54, 1.807) is 10.7 Å². The predicted molar refractivity (Wildman–Crippen MR) is 120 cm³/mol. The van der Waals surface area contributed by atoms with Crippen LogP contribution in [0.2, 0.25) is 10.0 Å². The van der Waals surface area contributed by atoms with Crippen LogP contribution in [0.15, 0.2) is 29.2 Å². The van der Waals surface area contributed by atoms with Gasteiger partial charge in [-0.05, 0) is 36.5 Å². The summed E-state index contributed by atoms with van der Waals surface area (Å²) in [7, 11) is 0. The first-order valence-electron chi connectivity index (χ1n) is 10.7. The molecule has 4 heterocycles. The van der Waals surface area contributed by atoms with E-state index in [1.807, 2.05) is 18.2 Å². The normalized spacial score (nSPS) is 23.1. The topological polar surface area (TPSA) is 75.5 Å². The molecule has 0 radical (unpaired) electrons. The summed E-state index contributed by atoms with van der Waals surface area (Å²) in [5.41, 5.74) is 1.49. The second kappa shape index (κ2) is 8.54. The molecule has 0 aliphatic carbocycles. The predicted octanol–water partition coefficient (Wildman–Crippen LogP) is 3.85. The third-order valence-electron chi connectivity index (χ3n) is 6.46. The van der Waals surface area contributed by atoms with Crippen LogP contribution < -0.4 is 5.56 Å². The monoisotopic (exact) mass is 461 g/mol. The molecular formula is C22H25Cl2N5O2. The second-order valence-electron chi connectivity index (χ2n) is 8.67. The number of hydrogen-bond donors (Lipinski definition) is 1. The first kappa shape index (κ1) is 20.9. The third kappa shape index (κ3) is 4.12. The number of aromatic nitrogens is 4. The zero-order chi connectivity index (χ0) is 21.5. The molecule has 1 N–H and O–H groups in total. The lowest BCUT2D eigenvalue weighted by molar-refractivity contribution is 0.0832. The van der Waals surface area contributed by atoms with Gasteiger partial charge in [0.15, 0.2) is 5.52 Å². The van der Waals surface area contributed by atoms with Gasteiger partial charge < -0.3 is 9.72 Å². The van der Waals surface area contributed by atoms with Crippen molar-refractivity contribution in [2.24, 2.45) is 5.92 Å². The van der Waals surface area contributed by atoms with Gasteiger partial charge in [-0.3, -0.25) is 9.69 Å². The number of aromatic amines is 1. The summed E-state index contributed by atoms with van der Waals surface area (Å²) in [4.78, 5) is 22.7. The van der Waals surface area contributed by atoms with Gasteiger partial charge in [0.25, 0.3) is 5.56 Å². The zero-order valence-electron chi connectivity index (χ0n) is 17.4. The van der Waals surface area contributed by atoms with E-state index in [0.29, 0.717) is 21.5 Å². The lowest BCUT2D eigenvalue weighted by Crippen LogP contribution is -2.24. The number of imidazole rings is 1. The fraction of sp³-hybridized carbons (Fsp3) is 0.500. The molecule has 9 heteroatoms. The van der Waals surface area contributed by atoms with E-state index in [1.165, 1.54) is 0 Å². The summed E-state index contributed by atoms with van der Waals surface area (Å²) in [6, 6.07) is 5.75. The lowest BCUT2D eigenvalue weighted by Gasteiger charge is -2.21. The van der Waals surface area contributed by atoms with E-state index < -0.39 is 0 Å². The van der Waals surface area contributed by atoms with E-state index >= 15 is 0 Å². The van der Waals surface area contributed by atoms with E-state index in [2.05, 4.69) is 21.8 Å². The molecule has 5 rings (SSSR count). The van der Waals surface area contributed by atoms with Crippen molar-refractivity contribution >= 4 is 28.7 Å². The third-order valence-corrected chi connectivity index (χ3v) is 7.20. The van der Waals surface area contributed by atoms with Crippen molar-refractivity contribution in [1.29, 1.82) is 0 Å². The van der Waals surface area contributed by atoms with Crippen molar-refractivity contribution in [3.63, 3.8) is 0 Å². The highest BCUT2D eigenvalue weighted by molar-refractivity contribution is 6.42. The molecule has 1 aromatic carbocycles. The van der Waals surface area contributed by atoms with Crippen LogP contribution in [0.3, 0.4) is 0 Å². The Bertz CT molecular complexity index is 1150. The number of ether oxygens (including phenoxy) is 1. The Morgan fingerprint density at radius 1 is 1.19 bits per heavy atom. The molecule has 2 aliphatic rings. The Hall–Kier alpha value is -1.93. The van der Waals surface area contributed by atoms with Crippen molar-refractivity contribution in [2.45, 2.75) is 38.1 Å². The van der Waals surface area contributed by atoms with Gasteiger partial charge >= 0.3 is 0 Å². The maximum absolute atomic E-state index is 12.8. The van der Waals surface area contributed by atoms with Gasteiger partial charge in [-0.2, -0.15) is 5.10 Å². The minimum atomic E-state index is -0.133. The summed E-state index contributed by atoms with van der Waals surface area (Å²) < 4.78 is 7.24. The SMILES string of the molecule is CC1CN(Cc2ccc(Cl)c(Cl)c2)CC1c1nn2c(C3CCOCC3)ncc2c(=O)[nH]1. The molecule has 7 nitrogen and oxygen atoms in total. The molecular weight excluding hydrogens is 437 g/mol. The molecule has 2 aromatic heterocycles. The quantitative estimate of drug-likeness (QED) is 0.638. The summed E-state index contributed by atoms with van der Waals surface area (Å²) in [5, 5.41) is 6.00. The lowest BCUT2D eigenvalue weighted by atomic mass is 9.97. The minimum Gasteiger partial charge on any atom is -0.381 e. The number of H-pyrrole nitrogens is 1. The number of nitrogens with zero attached hydrogens (tertiary/aromatic N) is 4. The maximum atomic E-state index is 12.8. The molecule has 164 valence electrons. The van der Waals surface area contributed by atoms with Gasteiger partial charge in [-0.15, -0.1) is 0 Å². The van der Waals surface area contributed by atoms with Crippen molar-refractivity contribution in [3.8, 4) is 0 Å². The summed E-state index contributed by atoms with van der Waals surface area (Å²) in [5.74, 6) is 2.37. The largest absolute Gasteiger partial charge is 0.381 e. The molecule has 2 atom stereocenters. The molecule has 3 aromatic rings. The Balaban J connectivity index is 1.40. The number of nitrogens with one attached hydrogen (secondary N) is 1. The summed E-state index contributed by atoms with van der Waals surface area (Å²) in [6.45, 7) is 6.16. The van der Waals surface area contributed by atoms with Gasteiger partial charge in [0.1, 0.15) is 11.6 Å². The van der Waals surface area contributed by atoms with Crippen molar-refractivity contribution < 1.29 is 4.74 Å². The average Bonchev–Trinajstić information content (AvgIpc) is 3.35. The number of halogens is 2. The Kier molecular flexibility index (Phi) is 5.77. The van der Waals surface area contributed by atoms with E-state index in [0.717, 1.165) is 62.9 Å². The molecule has 0 saturated carbocycles. The van der Waals surface area contributed by atoms with Crippen LogP contribution in [0.1, 0.15) is 48.8 Å². The highest BCUT2D eigenvalue weighted by Gasteiger charge is 2.33. The molecule has 2 saturated heterocycles. The maximum Gasteiger partial charge on any atom is 0.276 e. The van der Waals surface area contributed by atoms with Gasteiger partial charge in [0.2, 0.25) is 0 Å². The standard InChI is InChI=1S/C22H25Cl2N5O2/c1-13-10-28(11-14-2-3-17(23)18(24)8-14)12-16(13)20-26-22(30)19-9-25-21(29(19)27-20)15-4-6-31-7-5-15/h2-3,8-9,13,15-16H,4-7,10-12H2,1H3,(H,26,27,30). The fourth-order valence-corrected chi connectivity index (χ4v) is 5.10.